The van der Waals surface area contributed by atoms with Gasteiger partial charge < -0.3 is 19.9 Å². The van der Waals surface area contributed by atoms with Gasteiger partial charge in [0.2, 0.25) is 0 Å². The highest BCUT2D eigenvalue weighted by atomic mass is 16.6. The smallest absolute Gasteiger partial charge is 0.410 e. The maximum absolute atomic E-state index is 12.3. The number of rotatable bonds is 4. The Labute approximate surface area is 137 Å². The highest BCUT2D eigenvalue weighted by Crippen LogP contribution is 2.15. The van der Waals surface area contributed by atoms with Crippen LogP contribution < -0.4 is 5.32 Å². The molecule has 1 aliphatic rings. The number of amides is 1. The van der Waals surface area contributed by atoms with Gasteiger partial charge in [-0.2, -0.15) is 0 Å². The largest absolute Gasteiger partial charge is 0.508 e. The fraction of sp³-hybridized carbons (Fsp3) is 0.588. The predicted molar refractivity (Wildman–Crippen MR) is 87.4 cm³/mol. The van der Waals surface area contributed by atoms with Crippen LogP contribution in [0.3, 0.4) is 0 Å². The van der Waals surface area contributed by atoms with Gasteiger partial charge in [0.25, 0.3) is 0 Å². The first kappa shape index (κ1) is 17.6. The second-order valence-corrected chi connectivity index (χ2v) is 6.70. The number of benzene rings is 1. The second-order valence-electron chi connectivity index (χ2n) is 6.70. The molecule has 0 saturated carbocycles. The zero-order valence-corrected chi connectivity index (χ0v) is 14.0. The molecule has 1 amide bonds. The van der Waals surface area contributed by atoms with Crippen molar-refractivity contribution in [3.63, 3.8) is 0 Å². The Hall–Kier alpha value is -1.79. The third-order valence-electron chi connectivity index (χ3n) is 3.50. The molecule has 0 radical (unpaired) electrons. The molecule has 2 rings (SSSR count). The molecule has 0 bridgehead atoms. The molecule has 1 aliphatic heterocycles. The summed E-state index contributed by atoms with van der Waals surface area (Å²) in [5.41, 5.74) is 0.572. The second kappa shape index (κ2) is 7.66. The molecule has 0 aliphatic carbocycles. The summed E-state index contributed by atoms with van der Waals surface area (Å²) in [6.45, 7) is 8.46. The Morgan fingerprint density at radius 1 is 1.39 bits per heavy atom. The molecule has 1 heterocycles. The number of nitrogens with one attached hydrogen (secondary N) is 1. The molecule has 1 aromatic carbocycles. The van der Waals surface area contributed by atoms with Gasteiger partial charge >= 0.3 is 6.09 Å². The number of hydrogen-bond donors (Lipinski definition) is 2. The summed E-state index contributed by atoms with van der Waals surface area (Å²) < 4.78 is 10.9. The van der Waals surface area contributed by atoms with Crippen molar-refractivity contribution in [3.8, 4) is 5.75 Å². The zero-order chi connectivity index (χ0) is 16.9. The lowest BCUT2D eigenvalue weighted by Crippen LogP contribution is -2.54. The highest BCUT2D eigenvalue weighted by Gasteiger charge is 2.30. The Morgan fingerprint density at radius 2 is 2.09 bits per heavy atom. The van der Waals surface area contributed by atoms with Crippen LogP contribution in [-0.4, -0.2) is 54.0 Å². The summed E-state index contributed by atoms with van der Waals surface area (Å²) in [7, 11) is 0. The normalized spacial score (nSPS) is 18.7. The van der Waals surface area contributed by atoms with Crippen LogP contribution >= 0.6 is 0 Å². The molecule has 0 spiro atoms. The lowest BCUT2D eigenvalue weighted by molar-refractivity contribution is -0.0317. The van der Waals surface area contributed by atoms with E-state index in [1.54, 1.807) is 17.0 Å². The van der Waals surface area contributed by atoms with Crippen molar-refractivity contribution in [1.82, 2.24) is 10.2 Å². The van der Waals surface area contributed by atoms with E-state index in [1.807, 2.05) is 32.9 Å². The molecule has 23 heavy (non-hydrogen) atoms. The Balaban J connectivity index is 1.86. The highest BCUT2D eigenvalue weighted by molar-refractivity contribution is 5.68. The van der Waals surface area contributed by atoms with Crippen LogP contribution in [0.15, 0.2) is 24.3 Å². The molecule has 1 aromatic rings. The Kier molecular flexibility index (Phi) is 5.85. The summed E-state index contributed by atoms with van der Waals surface area (Å²) in [5.74, 6) is 0.255. The summed E-state index contributed by atoms with van der Waals surface area (Å²) in [5, 5.41) is 12.6. The molecule has 6 heteroatoms. The van der Waals surface area contributed by atoms with Crippen LogP contribution in [0.2, 0.25) is 0 Å². The van der Waals surface area contributed by atoms with Gasteiger partial charge in [-0.25, -0.2) is 4.79 Å². The third-order valence-corrected chi connectivity index (χ3v) is 3.50. The van der Waals surface area contributed by atoms with Crippen LogP contribution in [0, 0.1) is 0 Å². The van der Waals surface area contributed by atoms with Crippen molar-refractivity contribution in [2.75, 3.05) is 26.3 Å². The first-order chi connectivity index (χ1) is 10.8. The summed E-state index contributed by atoms with van der Waals surface area (Å²) in [4.78, 5) is 14.0. The predicted octanol–water partition coefficient (Wildman–Crippen LogP) is 2.12. The van der Waals surface area contributed by atoms with Crippen molar-refractivity contribution in [2.45, 2.75) is 39.0 Å². The summed E-state index contributed by atoms with van der Waals surface area (Å²) in [6, 6.07) is 7.01. The van der Waals surface area contributed by atoms with Crippen LogP contribution in [0.5, 0.6) is 5.75 Å². The third kappa shape index (κ3) is 5.73. The molecule has 2 N–H and O–H groups in total. The quantitative estimate of drug-likeness (QED) is 0.888. The van der Waals surface area contributed by atoms with Gasteiger partial charge in [-0.3, -0.25) is 4.90 Å². The molecule has 1 unspecified atom stereocenters. The molecule has 1 saturated heterocycles. The number of carbonyl (C=O) groups is 1. The molecule has 1 fully saturated rings. The van der Waals surface area contributed by atoms with Crippen LogP contribution in [0.25, 0.3) is 0 Å². The van der Waals surface area contributed by atoms with Gasteiger partial charge in [0.1, 0.15) is 11.4 Å². The van der Waals surface area contributed by atoms with Gasteiger partial charge in [-0.1, -0.05) is 12.1 Å². The van der Waals surface area contributed by atoms with Crippen molar-refractivity contribution in [1.29, 1.82) is 0 Å². The minimum absolute atomic E-state index is 0.0456. The monoisotopic (exact) mass is 322 g/mol. The minimum atomic E-state index is -0.501. The molecule has 1 atom stereocenters. The first-order valence-electron chi connectivity index (χ1n) is 7.91. The molecule has 0 aromatic heterocycles. The lowest BCUT2D eigenvalue weighted by atomic mass is 10.2. The number of phenols is 1. The van der Waals surface area contributed by atoms with E-state index in [4.69, 9.17) is 9.47 Å². The van der Waals surface area contributed by atoms with Crippen molar-refractivity contribution < 1.29 is 19.4 Å². The minimum Gasteiger partial charge on any atom is -0.508 e. The van der Waals surface area contributed by atoms with Crippen LogP contribution in [-0.2, 0) is 16.0 Å². The average molecular weight is 322 g/mol. The number of ether oxygens (including phenoxy) is 2. The number of phenolic OH excluding ortho intramolecular Hbond substituents is 1. The number of carbonyl (C=O) groups excluding carboxylic acids is 1. The zero-order valence-electron chi connectivity index (χ0n) is 14.0. The van der Waals surface area contributed by atoms with E-state index in [9.17, 15) is 9.90 Å². The lowest BCUT2D eigenvalue weighted by Gasteiger charge is -2.36. The fourth-order valence-electron chi connectivity index (χ4n) is 2.38. The van der Waals surface area contributed by atoms with E-state index in [0.29, 0.717) is 32.8 Å². The molecular weight excluding hydrogens is 296 g/mol. The summed E-state index contributed by atoms with van der Waals surface area (Å²) in [6.07, 6.45) is -0.294. The number of morpholine rings is 1. The van der Waals surface area contributed by atoms with Gasteiger partial charge in [0.15, 0.2) is 0 Å². The van der Waals surface area contributed by atoms with Crippen molar-refractivity contribution in [3.05, 3.63) is 29.8 Å². The van der Waals surface area contributed by atoms with Gasteiger partial charge in [-0.05, 0) is 38.5 Å². The molecule has 6 nitrogen and oxygen atoms in total. The van der Waals surface area contributed by atoms with E-state index in [-0.39, 0.29) is 17.9 Å². The van der Waals surface area contributed by atoms with Gasteiger partial charge in [0.05, 0.1) is 19.3 Å². The molecule has 128 valence electrons. The van der Waals surface area contributed by atoms with Crippen molar-refractivity contribution in [2.24, 2.45) is 0 Å². The Morgan fingerprint density at radius 3 is 2.74 bits per heavy atom. The average Bonchev–Trinajstić information content (AvgIpc) is 2.48. The standard InChI is InChI=1S/C17H26N2O4/c1-17(2,3)23-16(21)19-8-9-22-12-14(19)11-18-10-13-4-6-15(20)7-5-13/h4-7,14,18,20H,8-12H2,1-3H3. The topological polar surface area (TPSA) is 71.0 Å². The van der Waals surface area contributed by atoms with Gasteiger partial charge in [-0.15, -0.1) is 0 Å². The molecular formula is C17H26N2O4. The van der Waals surface area contributed by atoms with E-state index < -0.39 is 5.60 Å². The van der Waals surface area contributed by atoms with E-state index in [0.717, 1.165) is 5.56 Å². The number of nitrogens with zero attached hydrogens (tertiary/aromatic N) is 1. The van der Waals surface area contributed by atoms with E-state index in [2.05, 4.69) is 5.32 Å². The summed E-state index contributed by atoms with van der Waals surface area (Å²) >= 11 is 0. The number of aromatic hydroxyl groups is 1. The SMILES string of the molecule is CC(C)(C)OC(=O)N1CCOCC1CNCc1ccc(O)cc1. The fourth-order valence-corrected chi connectivity index (χ4v) is 2.38. The number of hydrogen-bond acceptors (Lipinski definition) is 5. The van der Waals surface area contributed by atoms with E-state index in [1.165, 1.54) is 0 Å². The first-order valence-corrected chi connectivity index (χ1v) is 7.91. The van der Waals surface area contributed by atoms with Crippen LogP contribution in [0.1, 0.15) is 26.3 Å². The maximum atomic E-state index is 12.3. The Bertz CT molecular complexity index is 510. The van der Waals surface area contributed by atoms with Crippen molar-refractivity contribution >= 4 is 6.09 Å². The van der Waals surface area contributed by atoms with Gasteiger partial charge in [0, 0.05) is 19.6 Å². The van der Waals surface area contributed by atoms with E-state index >= 15 is 0 Å². The maximum Gasteiger partial charge on any atom is 0.410 e. The van der Waals surface area contributed by atoms with Crippen LogP contribution in [0.4, 0.5) is 4.79 Å².